The van der Waals surface area contributed by atoms with E-state index in [-0.39, 0.29) is 0 Å². The van der Waals surface area contributed by atoms with Crippen molar-refractivity contribution in [3.05, 3.63) is 35.9 Å². The molecule has 0 aliphatic carbocycles. The van der Waals surface area contributed by atoms with Crippen LogP contribution in [0.1, 0.15) is 12.5 Å². The highest BCUT2D eigenvalue weighted by Gasteiger charge is 1.99. The number of halogens is 1. The lowest BCUT2D eigenvalue weighted by atomic mass is 10.0. The van der Waals surface area contributed by atoms with E-state index in [2.05, 4.69) is 53.2 Å². The number of benzene rings is 1. The highest BCUT2D eigenvalue weighted by atomic mass is 79.9. The lowest BCUT2D eigenvalue weighted by molar-refractivity contribution is 0.663. The summed E-state index contributed by atoms with van der Waals surface area (Å²) in [6.45, 7) is 2.25. The van der Waals surface area contributed by atoms with Crippen LogP contribution in [-0.4, -0.2) is 5.33 Å². The molecule has 1 atom stereocenters. The van der Waals surface area contributed by atoms with E-state index < -0.39 is 0 Å². The predicted octanol–water partition coefficient (Wildman–Crippen LogP) is 3.26. The number of alkyl halides is 1. The first-order valence-electron chi connectivity index (χ1n) is 3.93. The molecule has 1 rings (SSSR count). The van der Waals surface area contributed by atoms with Crippen molar-refractivity contribution in [1.82, 2.24) is 0 Å². The molecule has 0 N–H and O–H groups in total. The summed E-state index contributed by atoms with van der Waals surface area (Å²) >= 11 is 3.47. The molecule has 0 aromatic heterocycles. The van der Waals surface area contributed by atoms with Crippen molar-refractivity contribution in [2.75, 3.05) is 5.33 Å². The van der Waals surface area contributed by atoms with Crippen LogP contribution in [0.2, 0.25) is 0 Å². The lowest BCUT2D eigenvalue weighted by Gasteiger charge is -2.06. The molecule has 1 aromatic rings. The van der Waals surface area contributed by atoms with Crippen molar-refractivity contribution in [3.8, 4) is 0 Å². The van der Waals surface area contributed by atoms with Crippen LogP contribution in [0, 0.1) is 5.92 Å². The molecule has 0 saturated heterocycles. The van der Waals surface area contributed by atoms with Gasteiger partial charge in [-0.15, -0.1) is 0 Å². The molecule has 0 aliphatic rings. The molecule has 11 heavy (non-hydrogen) atoms. The first kappa shape index (κ1) is 8.79. The summed E-state index contributed by atoms with van der Waals surface area (Å²) in [6, 6.07) is 10.6. The van der Waals surface area contributed by atoms with Crippen LogP contribution >= 0.6 is 15.9 Å². The van der Waals surface area contributed by atoms with E-state index >= 15 is 0 Å². The van der Waals surface area contributed by atoms with Crippen LogP contribution in [0.3, 0.4) is 0 Å². The van der Waals surface area contributed by atoms with Gasteiger partial charge in [0.2, 0.25) is 0 Å². The third kappa shape index (κ3) is 3.06. The van der Waals surface area contributed by atoms with Gasteiger partial charge in [-0.3, -0.25) is 0 Å². The van der Waals surface area contributed by atoms with Gasteiger partial charge in [0.15, 0.2) is 0 Å². The number of hydrogen-bond acceptors (Lipinski definition) is 0. The standard InChI is InChI=1S/C10H13Br/c1-9(8-11)7-10-5-3-2-4-6-10/h2-6,9H,7-8H2,1H3. The van der Waals surface area contributed by atoms with Gasteiger partial charge >= 0.3 is 0 Å². The fraction of sp³-hybridized carbons (Fsp3) is 0.400. The monoisotopic (exact) mass is 212 g/mol. The molecule has 0 nitrogen and oxygen atoms in total. The minimum atomic E-state index is 0.734. The third-order valence-electron chi connectivity index (χ3n) is 1.69. The zero-order chi connectivity index (χ0) is 8.10. The Morgan fingerprint density at radius 2 is 1.91 bits per heavy atom. The Bertz CT molecular complexity index is 193. The Balaban J connectivity index is 2.51. The van der Waals surface area contributed by atoms with Crippen LogP contribution in [0.25, 0.3) is 0 Å². The van der Waals surface area contributed by atoms with Crippen LogP contribution < -0.4 is 0 Å². The zero-order valence-electron chi connectivity index (χ0n) is 6.76. The molecule has 1 aromatic carbocycles. The van der Waals surface area contributed by atoms with E-state index in [0.717, 1.165) is 11.2 Å². The first-order valence-corrected chi connectivity index (χ1v) is 5.05. The van der Waals surface area contributed by atoms with E-state index in [1.807, 2.05) is 0 Å². The summed E-state index contributed by atoms with van der Waals surface area (Å²) in [7, 11) is 0. The SMILES string of the molecule is CC(CBr)Cc1ccccc1. The van der Waals surface area contributed by atoms with Gasteiger partial charge in [0.05, 0.1) is 0 Å². The van der Waals surface area contributed by atoms with Crippen LogP contribution in [0.15, 0.2) is 30.3 Å². The van der Waals surface area contributed by atoms with E-state index in [9.17, 15) is 0 Å². The largest absolute Gasteiger partial charge is 0.0925 e. The van der Waals surface area contributed by atoms with E-state index in [0.29, 0.717) is 0 Å². The highest BCUT2D eigenvalue weighted by molar-refractivity contribution is 9.09. The molecule has 0 saturated carbocycles. The maximum absolute atomic E-state index is 3.47. The predicted molar refractivity (Wildman–Crippen MR) is 53.1 cm³/mol. The van der Waals surface area contributed by atoms with Crippen LogP contribution in [-0.2, 0) is 6.42 Å². The van der Waals surface area contributed by atoms with Gasteiger partial charge < -0.3 is 0 Å². The molecular formula is C10H13Br. The molecule has 0 amide bonds. The topological polar surface area (TPSA) is 0 Å². The van der Waals surface area contributed by atoms with Crippen LogP contribution in [0.4, 0.5) is 0 Å². The van der Waals surface area contributed by atoms with Crippen molar-refractivity contribution in [1.29, 1.82) is 0 Å². The molecule has 0 radical (unpaired) electrons. The van der Waals surface area contributed by atoms with Gasteiger partial charge in [0.1, 0.15) is 0 Å². The molecule has 60 valence electrons. The Morgan fingerprint density at radius 1 is 1.27 bits per heavy atom. The fourth-order valence-corrected chi connectivity index (χ4v) is 1.30. The zero-order valence-corrected chi connectivity index (χ0v) is 8.34. The summed E-state index contributed by atoms with van der Waals surface area (Å²) in [5.74, 6) is 0.734. The number of rotatable bonds is 3. The Kier molecular flexibility index (Phi) is 3.64. The fourth-order valence-electron chi connectivity index (χ4n) is 1.07. The maximum atomic E-state index is 3.47. The highest BCUT2D eigenvalue weighted by Crippen LogP contribution is 2.09. The molecular weight excluding hydrogens is 200 g/mol. The van der Waals surface area contributed by atoms with Crippen molar-refractivity contribution in [2.24, 2.45) is 5.92 Å². The molecule has 0 spiro atoms. The van der Waals surface area contributed by atoms with E-state index in [4.69, 9.17) is 0 Å². The Morgan fingerprint density at radius 3 is 2.45 bits per heavy atom. The normalized spacial score (nSPS) is 12.9. The van der Waals surface area contributed by atoms with Crippen molar-refractivity contribution >= 4 is 15.9 Å². The Hall–Kier alpha value is -0.300. The summed E-state index contributed by atoms with van der Waals surface area (Å²) in [5, 5.41) is 1.09. The minimum Gasteiger partial charge on any atom is -0.0925 e. The third-order valence-corrected chi connectivity index (χ3v) is 2.80. The summed E-state index contributed by atoms with van der Waals surface area (Å²) in [5.41, 5.74) is 1.43. The number of hydrogen-bond donors (Lipinski definition) is 0. The molecule has 0 heterocycles. The van der Waals surface area contributed by atoms with Gasteiger partial charge in [-0.2, -0.15) is 0 Å². The lowest BCUT2D eigenvalue weighted by Crippen LogP contribution is -1.99. The smallest absolute Gasteiger partial charge is 0.00602 e. The van der Waals surface area contributed by atoms with Gasteiger partial charge in [-0.1, -0.05) is 53.2 Å². The van der Waals surface area contributed by atoms with Gasteiger partial charge in [-0.25, -0.2) is 0 Å². The van der Waals surface area contributed by atoms with Gasteiger partial charge in [0, 0.05) is 5.33 Å². The van der Waals surface area contributed by atoms with E-state index in [1.165, 1.54) is 12.0 Å². The summed E-state index contributed by atoms with van der Waals surface area (Å²) in [6.07, 6.45) is 1.17. The van der Waals surface area contributed by atoms with Gasteiger partial charge in [-0.05, 0) is 17.9 Å². The summed E-state index contributed by atoms with van der Waals surface area (Å²) in [4.78, 5) is 0. The second-order valence-electron chi connectivity index (χ2n) is 2.95. The molecule has 0 bridgehead atoms. The quantitative estimate of drug-likeness (QED) is 0.676. The van der Waals surface area contributed by atoms with Crippen molar-refractivity contribution < 1.29 is 0 Å². The maximum Gasteiger partial charge on any atom is 0.00602 e. The van der Waals surface area contributed by atoms with Crippen LogP contribution in [0.5, 0.6) is 0 Å². The Labute approximate surface area is 76.8 Å². The first-order chi connectivity index (χ1) is 5.33. The average Bonchev–Trinajstić information content (AvgIpc) is 2.06. The van der Waals surface area contributed by atoms with Crippen molar-refractivity contribution in [3.63, 3.8) is 0 Å². The van der Waals surface area contributed by atoms with E-state index in [1.54, 1.807) is 0 Å². The minimum absolute atomic E-state index is 0.734. The molecule has 0 aliphatic heterocycles. The average molecular weight is 213 g/mol. The molecule has 1 heteroatoms. The van der Waals surface area contributed by atoms with Crippen molar-refractivity contribution in [2.45, 2.75) is 13.3 Å². The molecule has 1 unspecified atom stereocenters. The second-order valence-corrected chi connectivity index (χ2v) is 3.60. The second kappa shape index (κ2) is 4.55. The van der Waals surface area contributed by atoms with Gasteiger partial charge in [0.25, 0.3) is 0 Å². The summed E-state index contributed by atoms with van der Waals surface area (Å²) < 4.78 is 0. The molecule has 0 fully saturated rings.